The fourth-order valence-electron chi connectivity index (χ4n) is 2.17. The van der Waals surface area contributed by atoms with Crippen LogP contribution in [0, 0.1) is 15.5 Å². The number of benzene rings is 1. The molecule has 0 saturated heterocycles. The number of rotatable bonds is 7. The van der Waals surface area contributed by atoms with Gasteiger partial charge in [-0.2, -0.15) is 0 Å². The molecule has 0 aliphatic heterocycles. The number of carboxylic acids is 1. The standard InChI is InChI=1S/C14H19N3O5/c1-3-14(4-2,13(19)20)8-16-12(18)11-9(15)6-5-7-10(11)17(21)22/h5-7H,3-4,8,15H2,1-2H3,(H,16,18)(H,19,20). The summed E-state index contributed by atoms with van der Waals surface area (Å²) in [6.07, 6.45) is 0.650. The summed E-state index contributed by atoms with van der Waals surface area (Å²) in [6, 6.07) is 3.94. The number of nitrogens with two attached hydrogens (primary N) is 1. The molecule has 0 aliphatic carbocycles. The molecule has 0 atom stereocenters. The lowest BCUT2D eigenvalue weighted by molar-refractivity contribution is -0.385. The highest BCUT2D eigenvalue weighted by atomic mass is 16.6. The molecule has 0 unspecified atom stereocenters. The predicted octanol–water partition coefficient (Wildman–Crippen LogP) is 1.80. The van der Waals surface area contributed by atoms with Gasteiger partial charge in [-0.05, 0) is 18.9 Å². The molecule has 120 valence electrons. The third-order valence-electron chi connectivity index (χ3n) is 3.89. The zero-order valence-electron chi connectivity index (χ0n) is 12.5. The molecule has 0 heterocycles. The zero-order valence-corrected chi connectivity index (χ0v) is 12.5. The normalized spacial score (nSPS) is 11.0. The second-order valence-corrected chi connectivity index (χ2v) is 4.97. The van der Waals surface area contributed by atoms with E-state index in [1.165, 1.54) is 18.2 Å². The average molecular weight is 309 g/mol. The molecule has 8 heteroatoms. The fraction of sp³-hybridized carbons (Fsp3) is 0.429. The topological polar surface area (TPSA) is 136 Å². The molecule has 22 heavy (non-hydrogen) atoms. The van der Waals surface area contributed by atoms with Gasteiger partial charge in [-0.1, -0.05) is 19.9 Å². The van der Waals surface area contributed by atoms with Crippen LogP contribution in [0.1, 0.15) is 37.0 Å². The van der Waals surface area contributed by atoms with E-state index in [1.54, 1.807) is 13.8 Å². The van der Waals surface area contributed by atoms with E-state index in [1.807, 2.05) is 0 Å². The Balaban J connectivity index is 3.05. The highest BCUT2D eigenvalue weighted by Gasteiger charge is 2.36. The van der Waals surface area contributed by atoms with Gasteiger partial charge in [-0.25, -0.2) is 0 Å². The smallest absolute Gasteiger partial charge is 0.311 e. The van der Waals surface area contributed by atoms with Crippen molar-refractivity contribution >= 4 is 23.3 Å². The number of carbonyl (C=O) groups excluding carboxylic acids is 1. The molecule has 0 fully saturated rings. The maximum absolute atomic E-state index is 12.2. The Morgan fingerprint density at radius 1 is 1.36 bits per heavy atom. The summed E-state index contributed by atoms with van der Waals surface area (Å²) in [5.74, 6) is -1.77. The number of nitrogens with zero attached hydrogens (tertiary/aromatic N) is 1. The van der Waals surface area contributed by atoms with Crippen molar-refractivity contribution in [2.75, 3.05) is 12.3 Å². The predicted molar refractivity (Wildman–Crippen MR) is 80.5 cm³/mol. The number of carbonyl (C=O) groups is 2. The number of aliphatic carboxylic acids is 1. The first-order chi connectivity index (χ1) is 10.3. The fourth-order valence-corrected chi connectivity index (χ4v) is 2.17. The molecular formula is C14H19N3O5. The summed E-state index contributed by atoms with van der Waals surface area (Å²) in [4.78, 5) is 33.9. The van der Waals surface area contributed by atoms with Gasteiger partial charge in [-0.15, -0.1) is 0 Å². The molecule has 0 aromatic heterocycles. The van der Waals surface area contributed by atoms with E-state index >= 15 is 0 Å². The number of hydrogen-bond acceptors (Lipinski definition) is 5. The van der Waals surface area contributed by atoms with Crippen molar-refractivity contribution < 1.29 is 19.6 Å². The van der Waals surface area contributed by atoms with Crippen LogP contribution >= 0.6 is 0 Å². The van der Waals surface area contributed by atoms with Crippen molar-refractivity contribution in [2.45, 2.75) is 26.7 Å². The van der Waals surface area contributed by atoms with Gasteiger partial charge in [0.1, 0.15) is 5.56 Å². The minimum atomic E-state index is -1.10. The monoisotopic (exact) mass is 309 g/mol. The van der Waals surface area contributed by atoms with E-state index in [2.05, 4.69) is 5.32 Å². The SMILES string of the molecule is CCC(CC)(CNC(=O)c1c(N)cccc1[N+](=O)[O-])C(=O)O. The Kier molecular flexibility index (Phi) is 5.44. The number of anilines is 1. The maximum atomic E-state index is 12.2. The van der Waals surface area contributed by atoms with Crippen LogP contribution in [0.15, 0.2) is 18.2 Å². The number of nitrogen functional groups attached to an aromatic ring is 1. The second kappa shape index (κ2) is 6.88. The van der Waals surface area contributed by atoms with Crippen molar-refractivity contribution in [3.05, 3.63) is 33.9 Å². The van der Waals surface area contributed by atoms with Crippen LogP contribution in [-0.4, -0.2) is 28.5 Å². The van der Waals surface area contributed by atoms with Crippen LogP contribution in [0.5, 0.6) is 0 Å². The quantitative estimate of drug-likeness (QED) is 0.399. The van der Waals surface area contributed by atoms with E-state index < -0.39 is 27.9 Å². The van der Waals surface area contributed by atoms with Crippen molar-refractivity contribution in [2.24, 2.45) is 5.41 Å². The first-order valence-electron chi connectivity index (χ1n) is 6.83. The molecule has 0 saturated carbocycles. The van der Waals surface area contributed by atoms with E-state index in [0.717, 1.165) is 0 Å². The summed E-state index contributed by atoms with van der Waals surface area (Å²) < 4.78 is 0. The van der Waals surface area contributed by atoms with E-state index in [0.29, 0.717) is 12.8 Å². The molecule has 0 spiro atoms. The molecule has 0 bridgehead atoms. The van der Waals surface area contributed by atoms with Crippen LogP contribution in [-0.2, 0) is 4.79 Å². The van der Waals surface area contributed by atoms with Crippen molar-refractivity contribution in [3.63, 3.8) is 0 Å². The molecule has 8 nitrogen and oxygen atoms in total. The summed E-state index contributed by atoms with van der Waals surface area (Å²) >= 11 is 0. The summed E-state index contributed by atoms with van der Waals surface area (Å²) in [5, 5.41) is 22.8. The van der Waals surface area contributed by atoms with Gasteiger partial charge in [-0.3, -0.25) is 19.7 Å². The van der Waals surface area contributed by atoms with E-state index in [9.17, 15) is 24.8 Å². The van der Waals surface area contributed by atoms with Gasteiger partial charge in [0.25, 0.3) is 11.6 Å². The largest absolute Gasteiger partial charge is 0.481 e. The summed E-state index contributed by atoms with van der Waals surface area (Å²) in [7, 11) is 0. The number of nitro benzene ring substituents is 1. The molecule has 1 amide bonds. The molecular weight excluding hydrogens is 290 g/mol. The van der Waals surface area contributed by atoms with E-state index in [-0.39, 0.29) is 17.8 Å². The second-order valence-electron chi connectivity index (χ2n) is 4.97. The Hall–Kier alpha value is -2.64. The summed E-state index contributed by atoms with van der Waals surface area (Å²) in [5.41, 5.74) is 3.85. The Morgan fingerprint density at radius 3 is 2.41 bits per heavy atom. The third kappa shape index (κ3) is 3.33. The van der Waals surface area contributed by atoms with Crippen LogP contribution in [0.3, 0.4) is 0 Å². The van der Waals surface area contributed by atoms with Gasteiger partial charge < -0.3 is 16.2 Å². The lowest BCUT2D eigenvalue weighted by Gasteiger charge is -2.26. The number of hydrogen-bond donors (Lipinski definition) is 3. The van der Waals surface area contributed by atoms with Crippen molar-refractivity contribution in [1.29, 1.82) is 0 Å². The minimum Gasteiger partial charge on any atom is -0.481 e. The van der Waals surface area contributed by atoms with Crippen LogP contribution in [0.2, 0.25) is 0 Å². The number of nitrogens with one attached hydrogen (secondary N) is 1. The van der Waals surface area contributed by atoms with Crippen LogP contribution in [0.25, 0.3) is 0 Å². The Labute approximate surface area is 127 Å². The molecule has 0 aliphatic rings. The van der Waals surface area contributed by atoms with Gasteiger partial charge in [0, 0.05) is 12.6 Å². The first kappa shape index (κ1) is 17.4. The Bertz CT molecular complexity index is 596. The maximum Gasteiger partial charge on any atom is 0.311 e. The van der Waals surface area contributed by atoms with Crippen molar-refractivity contribution in [1.82, 2.24) is 5.32 Å². The van der Waals surface area contributed by atoms with Gasteiger partial charge in [0.15, 0.2) is 0 Å². The average Bonchev–Trinajstić information content (AvgIpc) is 2.47. The number of nitro groups is 1. The van der Waals surface area contributed by atoms with E-state index in [4.69, 9.17) is 5.73 Å². The molecule has 1 rings (SSSR count). The minimum absolute atomic E-state index is 0.0272. The lowest BCUT2D eigenvalue weighted by Crippen LogP contribution is -2.42. The van der Waals surface area contributed by atoms with Crippen LogP contribution in [0.4, 0.5) is 11.4 Å². The van der Waals surface area contributed by atoms with Gasteiger partial charge in [0.05, 0.1) is 16.0 Å². The zero-order chi connectivity index (χ0) is 16.9. The van der Waals surface area contributed by atoms with Crippen LogP contribution < -0.4 is 11.1 Å². The van der Waals surface area contributed by atoms with Crippen molar-refractivity contribution in [3.8, 4) is 0 Å². The molecule has 1 aromatic carbocycles. The highest BCUT2D eigenvalue weighted by Crippen LogP contribution is 2.27. The molecule has 0 radical (unpaired) electrons. The Morgan fingerprint density at radius 2 is 1.95 bits per heavy atom. The third-order valence-corrected chi connectivity index (χ3v) is 3.89. The number of amides is 1. The van der Waals surface area contributed by atoms with Gasteiger partial charge >= 0.3 is 5.97 Å². The molecule has 4 N–H and O–H groups in total. The number of carboxylic acid groups (broad SMARTS) is 1. The first-order valence-corrected chi connectivity index (χ1v) is 6.83. The van der Waals surface area contributed by atoms with Gasteiger partial charge in [0.2, 0.25) is 0 Å². The molecule has 1 aromatic rings. The lowest BCUT2D eigenvalue weighted by atomic mass is 9.82. The summed E-state index contributed by atoms with van der Waals surface area (Å²) in [6.45, 7) is 3.30. The highest BCUT2D eigenvalue weighted by molar-refractivity contribution is 6.03.